The summed E-state index contributed by atoms with van der Waals surface area (Å²) in [7, 11) is 0. The maximum Gasteiger partial charge on any atom is 0.347 e. The Balaban J connectivity index is 3.02. The Kier molecular flexibility index (Phi) is 10.8. The van der Waals surface area contributed by atoms with E-state index in [1.54, 1.807) is 33.8 Å². The maximum absolute atomic E-state index is 12.2. The molecule has 11 nitrogen and oxygen atoms in total. The lowest BCUT2D eigenvalue weighted by atomic mass is 10.2. The number of carbonyl (C=O) groups is 3. The van der Waals surface area contributed by atoms with Crippen LogP contribution in [0.1, 0.15) is 26.3 Å². The lowest BCUT2D eigenvalue weighted by Crippen LogP contribution is -2.37. The average Bonchev–Trinajstić information content (AvgIpc) is 2.68. The summed E-state index contributed by atoms with van der Waals surface area (Å²) in [5.41, 5.74) is 2.90. The first-order chi connectivity index (χ1) is 14.3. The van der Waals surface area contributed by atoms with Crippen LogP contribution in [0.5, 0.6) is 0 Å². The zero-order valence-electron chi connectivity index (χ0n) is 17.1. The van der Waals surface area contributed by atoms with Crippen LogP contribution in [0, 0.1) is 6.92 Å². The highest BCUT2D eigenvalue weighted by molar-refractivity contribution is 6.29. The first kappa shape index (κ1) is 24.8. The van der Waals surface area contributed by atoms with Gasteiger partial charge in [0.15, 0.2) is 22.6 Å². The van der Waals surface area contributed by atoms with Crippen molar-refractivity contribution in [3.05, 3.63) is 28.6 Å². The SMILES string of the molecule is CCOC(=O)C(=CNC(/C=N/Nc1nnc(Cl)cc1C)C(=O)OCC)C(=O)OCC. The number of hydrogen-bond acceptors (Lipinski definition) is 11. The van der Waals surface area contributed by atoms with E-state index in [0.717, 1.165) is 6.20 Å². The third kappa shape index (κ3) is 8.03. The fraction of sp³-hybridized carbons (Fsp3) is 0.444. The van der Waals surface area contributed by atoms with E-state index in [4.69, 9.17) is 25.8 Å². The van der Waals surface area contributed by atoms with Crippen molar-refractivity contribution in [2.45, 2.75) is 33.7 Å². The number of esters is 3. The van der Waals surface area contributed by atoms with E-state index in [9.17, 15) is 14.4 Å². The first-order valence-electron chi connectivity index (χ1n) is 9.10. The molecular formula is C18H24ClN5O6. The molecule has 0 aliphatic carbocycles. The molecule has 1 unspecified atom stereocenters. The zero-order valence-corrected chi connectivity index (χ0v) is 17.9. The molecule has 0 saturated heterocycles. The van der Waals surface area contributed by atoms with Crippen LogP contribution in [0.15, 0.2) is 22.9 Å². The van der Waals surface area contributed by atoms with Crippen LogP contribution >= 0.6 is 11.6 Å². The monoisotopic (exact) mass is 441 g/mol. The fourth-order valence-electron chi connectivity index (χ4n) is 1.93. The summed E-state index contributed by atoms with van der Waals surface area (Å²) in [4.78, 5) is 36.2. The lowest BCUT2D eigenvalue weighted by molar-refractivity contribution is -0.147. The summed E-state index contributed by atoms with van der Waals surface area (Å²) in [5.74, 6) is -2.15. The number of anilines is 1. The Morgan fingerprint density at radius 3 is 2.23 bits per heavy atom. The van der Waals surface area contributed by atoms with E-state index in [2.05, 4.69) is 26.0 Å². The Labute approximate surface area is 178 Å². The summed E-state index contributed by atoms with van der Waals surface area (Å²) in [5, 5.41) is 14.3. The van der Waals surface area contributed by atoms with Crippen LogP contribution in [0.4, 0.5) is 5.82 Å². The molecule has 0 radical (unpaired) electrons. The van der Waals surface area contributed by atoms with Crippen LogP contribution < -0.4 is 10.7 Å². The summed E-state index contributed by atoms with van der Waals surface area (Å²) in [6.45, 7) is 6.80. The van der Waals surface area contributed by atoms with Crippen molar-refractivity contribution in [1.82, 2.24) is 15.5 Å². The van der Waals surface area contributed by atoms with Gasteiger partial charge in [0.05, 0.1) is 26.0 Å². The third-order valence-corrected chi connectivity index (χ3v) is 3.47. The second-order valence-electron chi connectivity index (χ2n) is 5.48. The second-order valence-corrected chi connectivity index (χ2v) is 5.87. The minimum absolute atomic E-state index is 0.0593. The van der Waals surface area contributed by atoms with Gasteiger partial charge in [0, 0.05) is 6.20 Å². The zero-order chi connectivity index (χ0) is 22.5. The summed E-state index contributed by atoms with van der Waals surface area (Å²) >= 11 is 5.75. The van der Waals surface area contributed by atoms with Gasteiger partial charge < -0.3 is 19.5 Å². The molecule has 1 heterocycles. The van der Waals surface area contributed by atoms with Crippen molar-refractivity contribution < 1.29 is 28.6 Å². The number of carbonyl (C=O) groups excluding carboxylic acids is 3. The van der Waals surface area contributed by atoms with Gasteiger partial charge in [-0.05, 0) is 39.3 Å². The van der Waals surface area contributed by atoms with Gasteiger partial charge in [-0.1, -0.05) is 11.6 Å². The van der Waals surface area contributed by atoms with Crippen LogP contribution in [0.25, 0.3) is 0 Å². The van der Waals surface area contributed by atoms with Gasteiger partial charge >= 0.3 is 17.9 Å². The van der Waals surface area contributed by atoms with E-state index >= 15 is 0 Å². The van der Waals surface area contributed by atoms with Crippen LogP contribution in [-0.4, -0.2) is 60.2 Å². The molecule has 12 heteroatoms. The molecule has 0 amide bonds. The van der Waals surface area contributed by atoms with E-state index < -0.39 is 29.5 Å². The van der Waals surface area contributed by atoms with Crippen molar-refractivity contribution in [2.75, 3.05) is 25.2 Å². The molecule has 0 fully saturated rings. The molecule has 0 aliphatic rings. The van der Waals surface area contributed by atoms with Gasteiger partial charge in [-0.25, -0.2) is 14.4 Å². The van der Waals surface area contributed by atoms with Gasteiger partial charge in [-0.3, -0.25) is 5.43 Å². The maximum atomic E-state index is 12.2. The van der Waals surface area contributed by atoms with Gasteiger partial charge in [0.1, 0.15) is 0 Å². The summed E-state index contributed by atoms with van der Waals surface area (Å²) in [6, 6.07) is 0.457. The van der Waals surface area contributed by atoms with Crippen LogP contribution in [0.2, 0.25) is 5.15 Å². The highest BCUT2D eigenvalue weighted by atomic mass is 35.5. The number of hydrogen-bond donors (Lipinski definition) is 2. The van der Waals surface area contributed by atoms with Gasteiger partial charge in [0.25, 0.3) is 0 Å². The normalized spacial score (nSPS) is 11.4. The van der Waals surface area contributed by atoms with Gasteiger partial charge in [-0.15, -0.1) is 10.2 Å². The quantitative estimate of drug-likeness (QED) is 0.0982. The Bertz CT molecular complexity index is 794. The summed E-state index contributed by atoms with van der Waals surface area (Å²) in [6.07, 6.45) is 2.20. The number of rotatable bonds is 11. The molecule has 30 heavy (non-hydrogen) atoms. The lowest BCUT2D eigenvalue weighted by Gasteiger charge is -2.13. The highest BCUT2D eigenvalue weighted by Crippen LogP contribution is 2.13. The summed E-state index contributed by atoms with van der Waals surface area (Å²) < 4.78 is 14.6. The number of aryl methyl sites for hydroxylation is 1. The molecule has 2 N–H and O–H groups in total. The van der Waals surface area contributed by atoms with Crippen molar-refractivity contribution in [3.63, 3.8) is 0 Å². The standard InChI is InChI=1S/C18H24ClN5O6/c1-5-28-16(25)12(17(26)29-6-2)9-20-13(18(27)30-7-3)10-21-23-15-11(4)8-14(19)22-24-15/h8-10,13,20H,5-7H2,1-4H3,(H,23,24)/b21-10+. The third-order valence-electron chi connectivity index (χ3n) is 3.29. The van der Waals surface area contributed by atoms with Crippen LogP contribution in [0.3, 0.4) is 0 Å². The van der Waals surface area contributed by atoms with E-state index in [1.807, 2.05) is 0 Å². The Morgan fingerprint density at radius 1 is 1.10 bits per heavy atom. The van der Waals surface area contributed by atoms with Gasteiger partial charge in [0.2, 0.25) is 0 Å². The molecule has 0 saturated carbocycles. The topological polar surface area (TPSA) is 141 Å². The molecular weight excluding hydrogens is 418 g/mol. The molecule has 1 aromatic heterocycles. The molecule has 1 atom stereocenters. The molecule has 0 aliphatic heterocycles. The number of hydrazone groups is 1. The second kappa shape index (κ2) is 13.1. The number of nitrogens with zero attached hydrogens (tertiary/aromatic N) is 3. The highest BCUT2D eigenvalue weighted by Gasteiger charge is 2.23. The average molecular weight is 442 g/mol. The number of nitrogens with one attached hydrogen (secondary N) is 2. The Morgan fingerprint density at radius 2 is 1.70 bits per heavy atom. The predicted molar refractivity (Wildman–Crippen MR) is 109 cm³/mol. The molecule has 1 aromatic rings. The van der Waals surface area contributed by atoms with Gasteiger partial charge in [-0.2, -0.15) is 5.10 Å². The number of aromatic nitrogens is 2. The van der Waals surface area contributed by atoms with E-state index in [-0.39, 0.29) is 25.0 Å². The first-order valence-corrected chi connectivity index (χ1v) is 9.47. The largest absolute Gasteiger partial charge is 0.464 e. The van der Waals surface area contributed by atoms with Crippen molar-refractivity contribution in [1.29, 1.82) is 0 Å². The van der Waals surface area contributed by atoms with Crippen molar-refractivity contribution in [2.24, 2.45) is 5.10 Å². The van der Waals surface area contributed by atoms with E-state index in [0.29, 0.717) is 11.4 Å². The fourth-order valence-corrected chi connectivity index (χ4v) is 2.13. The minimum atomic E-state index is -1.13. The molecule has 164 valence electrons. The minimum Gasteiger partial charge on any atom is -0.464 e. The van der Waals surface area contributed by atoms with E-state index in [1.165, 1.54) is 6.21 Å². The molecule has 0 spiro atoms. The molecule has 0 bridgehead atoms. The van der Waals surface area contributed by atoms with Crippen molar-refractivity contribution in [3.8, 4) is 0 Å². The number of ether oxygens (including phenoxy) is 3. The van der Waals surface area contributed by atoms with Crippen molar-refractivity contribution >= 4 is 41.5 Å². The Hall–Kier alpha value is -3.21. The number of halogens is 1. The molecule has 1 rings (SSSR count). The predicted octanol–water partition coefficient (Wildman–Crippen LogP) is 1.37. The molecule has 0 aromatic carbocycles. The van der Waals surface area contributed by atoms with Crippen LogP contribution in [-0.2, 0) is 28.6 Å². The smallest absolute Gasteiger partial charge is 0.347 e.